The maximum atomic E-state index is 8.55. The summed E-state index contributed by atoms with van der Waals surface area (Å²) in [6.07, 6.45) is 0. The van der Waals surface area contributed by atoms with Crippen LogP contribution < -0.4 is 14.7 Å². The predicted molar refractivity (Wildman–Crippen MR) is 24.9 cm³/mol. The van der Waals surface area contributed by atoms with Crippen molar-refractivity contribution in [2.24, 2.45) is 0 Å². The summed E-state index contributed by atoms with van der Waals surface area (Å²) in [5, 5.41) is 0. The van der Waals surface area contributed by atoms with Crippen molar-refractivity contribution in [3.05, 3.63) is 0 Å². The van der Waals surface area contributed by atoms with Crippen molar-refractivity contribution in [3.63, 3.8) is 0 Å². The molecular formula is AsGaInO4P+6. The van der Waals surface area contributed by atoms with E-state index in [2.05, 4.69) is 0 Å². The standard InChI is InChI=1S/As.Ga.In.H3O4P/c;;;1-5(2,3)4/h;;;(H3,1,2,3,4)/q3*+3;/p-3. The molecule has 0 aromatic heterocycles. The molecule has 0 amide bonds. The van der Waals surface area contributed by atoms with E-state index >= 15 is 0 Å². The SMILES string of the molecule is O=P([O-])([O-])[O-].[As+3].[Ga+3].[In+3]. The topological polar surface area (TPSA) is 86.2 Å². The molecule has 8 heavy (non-hydrogen) atoms. The fourth-order valence-electron chi connectivity index (χ4n) is 0. The van der Waals surface area contributed by atoms with Crippen LogP contribution in [0.5, 0.6) is 0 Å². The van der Waals surface area contributed by atoms with Crippen LogP contribution in [0, 0.1) is 0 Å². The molecule has 0 aliphatic rings. The van der Waals surface area contributed by atoms with E-state index in [1.54, 1.807) is 0 Å². The van der Waals surface area contributed by atoms with E-state index in [1.807, 2.05) is 0 Å². The van der Waals surface area contributed by atoms with Gasteiger partial charge >= 0.3 is 63.6 Å². The van der Waals surface area contributed by atoms with E-state index in [-0.39, 0.29) is 63.6 Å². The monoisotopic (exact) mass is 354 g/mol. The summed E-state index contributed by atoms with van der Waals surface area (Å²) < 4.78 is 8.55. The molecule has 0 fully saturated rings. The van der Waals surface area contributed by atoms with Crippen LogP contribution in [0.15, 0.2) is 0 Å². The third-order valence-corrected chi connectivity index (χ3v) is 0. The summed E-state index contributed by atoms with van der Waals surface area (Å²) in [5.74, 6) is 0. The maximum Gasteiger partial charge on any atom is 3.00 e. The second kappa shape index (κ2) is 9.17. The first-order valence-corrected chi connectivity index (χ1v) is 2.19. The average molecular weight is 354 g/mol. The largest absolute Gasteiger partial charge is 3.00 e. The molecular weight excluding hydrogens is 354 g/mol. The zero-order valence-corrected chi connectivity index (χ0v) is 12.2. The molecule has 0 aromatic rings. The third kappa shape index (κ3) is 89.0. The van der Waals surface area contributed by atoms with Gasteiger partial charge < -0.3 is 19.2 Å². The fraction of sp³-hybridized carbons (Fsp3) is 0. The van der Waals surface area contributed by atoms with Crippen LogP contribution in [0.4, 0.5) is 0 Å². The summed E-state index contributed by atoms with van der Waals surface area (Å²) in [7, 11) is -5.39. The molecule has 0 heterocycles. The molecule has 0 N–H and O–H groups in total. The molecule has 8 heteroatoms. The van der Waals surface area contributed by atoms with Gasteiger partial charge in [0.2, 0.25) is 0 Å². The minimum atomic E-state index is -5.39. The minimum Gasteiger partial charge on any atom is -0.822 e. The Morgan fingerprint density at radius 1 is 1.12 bits per heavy atom. The summed E-state index contributed by atoms with van der Waals surface area (Å²) in [6, 6.07) is 0. The van der Waals surface area contributed by atoms with E-state index in [0.717, 1.165) is 0 Å². The molecule has 0 saturated heterocycles. The molecule has 0 atom stereocenters. The first kappa shape index (κ1) is 22.5. The van der Waals surface area contributed by atoms with Gasteiger partial charge in [0, 0.05) is 0 Å². The van der Waals surface area contributed by atoms with Gasteiger partial charge in [-0.25, -0.2) is 0 Å². The molecule has 0 aliphatic carbocycles. The van der Waals surface area contributed by atoms with Crippen LogP contribution in [-0.4, -0.2) is 63.6 Å². The molecule has 0 unspecified atom stereocenters. The number of hydrogen-bond acceptors (Lipinski definition) is 4. The van der Waals surface area contributed by atoms with Gasteiger partial charge in [-0.3, -0.25) is 0 Å². The normalized spacial score (nSPS) is 7.38. The Labute approximate surface area is 89.8 Å². The van der Waals surface area contributed by atoms with Gasteiger partial charge in [0.25, 0.3) is 0 Å². The second-order valence-corrected chi connectivity index (χ2v) is 1.34. The van der Waals surface area contributed by atoms with Crippen LogP contribution >= 0.6 is 7.82 Å². The van der Waals surface area contributed by atoms with Crippen LogP contribution in [0.3, 0.4) is 0 Å². The number of hydrogen-bond donors (Lipinski definition) is 0. The Bertz CT molecular complexity index is 62.2. The Balaban J connectivity index is -0.0000000267. The summed E-state index contributed by atoms with van der Waals surface area (Å²) in [6.45, 7) is 0. The second-order valence-electron chi connectivity index (χ2n) is 0.447. The van der Waals surface area contributed by atoms with E-state index in [1.165, 1.54) is 0 Å². The Kier molecular flexibility index (Phi) is 25.8. The van der Waals surface area contributed by atoms with E-state index in [4.69, 9.17) is 19.2 Å². The fourth-order valence-corrected chi connectivity index (χ4v) is 0. The van der Waals surface area contributed by atoms with Crippen LogP contribution in [-0.2, 0) is 4.57 Å². The molecule has 34 valence electrons. The zero-order chi connectivity index (χ0) is 4.50. The third-order valence-electron chi connectivity index (χ3n) is 0. The molecule has 4 nitrogen and oxygen atoms in total. The van der Waals surface area contributed by atoms with Gasteiger partial charge in [-0.1, -0.05) is 0 Å². The Morgan fingerprint density at radius 3 is 1.12 bits per heavy atom. The number of phosphoric acid groups is 1. The van der Waals surface area contributed by atoms with Gasteiger partial charge in [-0.2, -0.15) is 7.82 Å². The van der Waals surface area contributed by atoms with Gasteiger partial charge in [0.15, 0.2) is 0 Å². The molecule has 0 bridgehead atoms. The molecule has 0 saturated carbocycles. The van der Waals surface area contributed by atoms with Gasteiger partial charge in [0.05, 0.1) is 0 Å². The molecule has 0 aromatic carbocycles. The molecule has 2 radical (unpaired) electrons. The van der Waals surface area contributed by atoms with Crippen molar-refractivity contribution >= 4 is 71.4 Å². The van der Waals surface area contributed by atoms with Crippen molar-refractivity contribution in [1.82, 2.24) is 0 Å². The summed E-state index contributed by atoms with van der Waals surface area (Å²) in [4.78, 5) is 25.6. The van der Waals surface area contributed by atoms with Crippen molar-refractivity contribution < 1.29 is 19.2 Å². The van der Waals surface area contributed by atoms with Crippen LogP contribution in [0.1, 0.15) is 0 Å². The summed E-state index contributed by atoms with van der Waals surface area (Å²) in [5.41, 5.74) is 0. The van der Waals surface area contributed by atoms with Gasteiger partial charge in [-0.05, 0) is 0 Å². The Morgan fingerprint density at radius 2 is 1.12 bits per heavy atom. The quantitative estimate of drug-likeness (QED) is 0.328. The minimum absolute atomic E-state index is 0. The molecule has 0 rings (SSSR count). The van der Waals surface area contributed by atoms with Crippen molar-refractivity contribution in [2.45, 2.75) is 0 Å². The smallest absolute Gasteiger partial charge is 0.822 e. The first-order chi connectivity index (χ1) is 2.00. The number of rotatable bonds is 0. The van der Waals surface area contributed by atoms with E-state index in [9.17, 15) is 0 Å². The summed E-state index contributed by atoms with van der Waals surface area (Å²) >= 11 is 0. The van der Waals surface area contributed by atoms with Crippen molar-refractivity contribution in [3.8, 4) is 0 Å². The van der Waals surface area contributed by atoms with Crippen LogP contribution in [0.25, 0.3) is 0 Å². The van der Waals surface area contributed by atoms with Gasteiger partial charge in [-0.15, -0.1) is 0 Å². The predicted octanol–water partition coefficient (Wildman–Crippen LogP) is -3.97. The molecule has 0 aliphatic heterocycles. The average Bonchev–Trinajstić information content (AvgIpc) is 0.722. The van der Waals surface area contributed by atoms with Crippen molar-refractivity contribution in [2.75, 3.05) is 0 Å². The Hall–Kier alpha value is 2.17. The van der Waals surface area contributed by atoms with Crippen molar-refractivity contribution in [1.29, 1.82) is 0 Å². The van der Waals surface area contributed by atoms with Crippen LogP contribution in [0.2, 0.25) is 0 Å². The van der Waals surface area contributed by atoms with E-state index in [0.29, 0.717) is 0 Å². The molecule has 0 spiro atoms. The zero-order valence-electron chi connectivity index (χ0n) is 3.68. The first-order valence-electron chi connectivity index (χ1n) is 0.730. The maximum absolute atomic E-state index is 8.55. The van der Waals surface area contributed by atoms with Gasteiger partial charge in [0.1, 0.15) is 0 Å². The van der Waals surface area contributed by atoms with E-state index < -0.39 is 7.82 Å².